The standard InChI is InChI=1S/C30H30Cl2FN7O3/c1-30(7-9-39(10-8-30)23-14-35-26(27(34)37-23)18-3-2-4-20(31)25(18)32)36-13-16-11-17-15-40(29(43)19(17)12-21(16)33)22-5-6-24(41)38-28(22)42/h2-4,11-12,14,22,36H,5-10,13,15H2,1H3,(H2,34,37)(H,38,41,42). The zero-order chi connectivity index (χ0) is 30.5. The number of carbonyl (C=O) groups is 3. The lowest BCUT2D eigenvalue weighted by Crippen LogP contribution is -2.52. The Labute approximate surface area is 257 Å². The zero-order valence-electron chi connectivity index (χ0n) is 23.4. The molecule has 4 N–H and O–H groups in total. The van der Waals surface area contributed by atoms with Crippen molar-refractivity contribution in [3.63, 3.8) is 0 Å². The van der Waals surface area contributed by atoms with Crippen LogP contribution in [0.15, 0.2) is 36.5 Å². The topological polar surface area (TPSA) is 134 Å². The highest BCUT2D eigenvalue weighted by Crippen LogP contribution is 2.36. The summed E-state index contributed by atoms with van der Waals surface area (Å²) >= 11 is 12.5. The highest BCUT2D eigenvalue weighted by Gasteiger charge is 2.40. The number of hydrogen-bond donors (Lipinski definition) is 3. The van der Waals surface area contributed by atoms with Crippen LogP contribution in [-0.2, 0) is 22.7 Å². The van der Waals surface area contributed by atoms with Crippen molar-refractivity contribution in [2.75, 3.05) is 23.7 Å². The third-order valence-corrected chi connectivity index (χ3v) is 9.40. The van der Waals surface area contributed by atoms with Crippen molar-refractivity contribution < 1.29 is 18.8 Å². The minimum Gasteiger partial charge on any atom is -0.382 e. The van der Waals surface area contributed by atoms with E-state index in [9.17, 15) is 14.4 Å². The molecule has 3 amide bonds. The monoisotopic (exact) mass is 625 g/mol. The number of amides is 3. The van der Waals surface area contributed by atoms with Crippen molar-refractivity contribution in [3.8, 4) is 11.3 Å². The molecule has 43 heavy (non-hydrogen) atoms. The van der Waals surface area contributed by atoms with E-state index in [0.29, 0.717) is 51.3 Å². The number of nitrogens with two attached hydrogens (primary N) is 1. The number of nitrogen functional groups attached to an aromatic ring is 1. The molecule has 0 radical (unpaired) electrons. The second kappa shape index (κ2) is 11.4. The third kappa shape index (κ3) is 5.64. The maximum absolute atomic E-state index is 15.1. The summed E-state index contributed by atoms with van der Waals surface area (Å²) in [6.45, 7) is 3.97. The maximum Gasteiger partial charge on any atom is 0.255 e. The lowest BCUT2D eigenvalue weighted by molar-refractivity contribution is -0.136. The van der Waals surface area contributed by atoms with Gasteiger partial charge in [0, 0.05) is 54.8 Å². The lowest BCUT2D eigenvalue weighted by atomic mass is 9.89. The fraction of sp³-hybridized carbons (Fsp3) is 0.367. The number of hydrogen-bond acceptors (Lipinski definition) is 8. The number of rotatable bonds is 6. The van der Waals surface area contributed by atoms with Gasteiger partial charge in [-0.1, -0.05) is 35.3 Å². The van der Waals surface area contributed by atoms with E-state index in [0.717, 1.165) is 12.8 Å². The van der Waals surface area contributed by atoms with Crippen molar-refractivity contribution in [1.29, 1.82) is 0 Å². The first-order valence-corrected chi connectivity index (χ1v) is 14.8. The molecule has 2 aromatic carbocycles. The summed E-state index contributed by atoms with van der Waals surface area (Å²) in [6, 6.07) is 7.49. The number of carbonyl (C=O) groups excluding carboxylic acids is 3. The second-order valence-corrected chi connectivity index (χ2v) is 12.3. The number of anilines is 2. The molecule has 0 spiro atoms. The summed E-state index contributed by atoms with van der Waals surface area (Å²) < 4.78 is 15.1. The van der Waals surface area contributed by atoms with Gasteiger partial charge >= 0.3 is 0 Å². The minimum atomic E-state index is -0.739. The molecule has 3 aliphatic heterocycles. The average molecular weight is 627 g/mol. The molecule has 0 aliphatic carbocycles. The molecule has 2 fully saturated rings. The highest BCUT2D eigenvalue weighted by molar-refractivity contribution is 6.43. The van der Waals surface area contributed by atoms with Gasteiger partial charge in [0.25, 0.3) is 5.91 Å². The van der Waals surface area contributed by atoms with Crippen LogP contribution >= 0.6 is 23.2 Å². The predicted octanol–water partition coefficient (Wildman–Crippen LogP) is 4.08. The van der Waals surface area contributed by atoms with Crippen molar-refractivity contribution >= 4 is 52.6 Å². The van der Waals surface area contributed by atoms with Crippen molar-refractivity contribution in [3.05, 3.63) is 69.1 Å². The van der Waals surface area contributed by atoms with Gasteiger partial charge in [0.1, 0.15) is 23.4 Å². The van der Waals surface area contributed by atoms with Crippen molar-refractivity contribution in [2.45, 2.75) is 57.3 Å². The smallest absolute Gasteiger partial charge is 0.255 e. The van der Waals surface area contributed by atoms with Crippen molar-refractivity contribution in [1.82, 2.24) is 25.5 Å². The van der Waals surface area contributed by atoms with E-state index < -0.39 is 23.7 Å². The number of piperidine rings is 2. The molecular weight excluding hydrogens is 596 g/mol. The lowest BCUT2D eigenvalue weighted by Gasteiger charge is -2.40. The van der Waals surface area contributed by atoms with E-state index in [1.54, 1.807) is 30.5 Å². The summed E-state index contributed by atoms with van der Waals surface area (Å²) in [5.41, 5.74) is 8.48. The molecule has 2 saturated heterocycles. The van der Waals surface area contributed by atoms with E-state index in [1.807, 2.05) is 0 Å². The number of benzene rings is 2. The first-order valence-electron chi connectivity index (χ1n) is 14.1. The van der Waals surface area contributed by atoms with Gasteiger partial charge in [0.2, 0.25) is 11.8 Å². The Balaban J connectivity index is 1.08. The zero-order valence-corrected chi connectivity index (χ0v) is 24.9. The average Bonchev–Trinajstić information content (AvgIpc) is 3.28. The van der Waals surface area contributed by atoms with Gasteiger partial charge in [-0.3, -0.25) is 19.7 Å². The Kier molecular flexibility index (Phi) is 7.74. The summed E-state index contributed by atoms with van der Waals surface area (Å²) in [5.74, 6) is -0.787. The van der Waals surface area contributed by atoms with Gasteiger partial charge in [-0.2, -0.15) is 0 Å². The van der Waals surface area contributed by atoms with Crippen LogP contribution < -0.4 is 21.3 Å². The molecule has 224 valence electrons. The van der Waals surface area contributed by atoms with Gasteiger partial charge in [-0.25, -0.2) is 14.4 Å². The Morgan fingerprint density at radius 1 is 1.16 bits per heavy atom. The van der Waals surface area contributed by atoms with Crippen LogP contribution in [0.4, 0.5) is 16.0 Å². The predicted molar refractivity (Wildman–Crippen MR) is 161 cm³/mol. The third-order valence-electron chi connectivity index (χ3n) is 8.58. The second-order valence-electron chi connectivity index (χ2n) is 11.5. The summed E-state index contributed by atoms with van der Waals surface area (Å²) in [5, 5.41) is 6.58. The SMILES string of the molecule is CC1(NCc2cc3c(cc2F)C(=O)N(C2CCC(=O)NC2=O)C3)CCN(c2cnc(-c3cccc(Cl)c3Cl)c(N)n2)CC1. The maximum atomic E-state index is 15.1. The number of imide groups is 1. The van der Waals surface area contributed by atoms with Crippen LogP contribution in [0.5, 0.6) is 0 Å². The van der Waals surface area contributed by atoms with Crippen LogP contribution in [-0.4, -0.2) is 57.3 Å². The van der Waals surface area contributed by atoms with Crippen LogP contribution in [0, 0.1) is 5.82 Å². The number of fused-ring (bicyclic) bond motifs is 1. The van der Waals surface area contributed by atoms with Gasteiger partial charge in [0.05, 0.1) is 16.2 Å². The summed E-state index contributed by atoms with van der Waals surface area (Å²) in [7, 11) is 0. The number of nitrogens with zero attached hydrogens (tertiary/aromatic N) is 4. The first-order chi connectivity index (χ1) is 20.5. The molecule has 6 rings (SSSR count). The molecule has 4 heterocycles. The molecule has 3 aromatic rings. The molecule has 0 bridgehead atoms. The Morgan fingerprint density at radius 3 is 2.65 bits per heavy atom. The summed E-state index contributed by atoms with van der Waals surface area (Å²) in [4.78, 5) is 49.5. The number of halogens is 3. The molecule has 3 aliphatic rings. The molecule has 0 saturated carbocycles. The number of aromatic nitrogens is 2. The Bertz CT molecular complexity index is 1640. The van der Waals surface area contributed by atoms with Gasteiger partial charge < -0.3 is 20.9 Å². The fourth-order valence-corrected chi connectivity index (χ4v) is 6.32. The van der Waals surface area contributed by atoms with Crippen LogP contribution in [0.2, 0.25) is 10.0 Å². The van der Waals surface area contributed by atoms with E-state index in [4.69, 9.17) is 28.9 Å². The van der Waals surface area contributed by atoms with E-state index in [1.165, 1.54) is 11.0 Å². The van der Waals surface area contributed by atoms with Crippen LogP contribution in [0.3, 0.4) is 0 Å². The van der Waals surface area contributed by atoms with Gasteiger partial charge in [-0.05, 0) is 49.9 Å². The largest absolute Gasteiger partial charge is 0.382 e. The Hall–Kier alpha value is -3.80. The quantitative estimate of drug-likeness (QED) is 0.349. The van der Waals surface area contributed by atoms with Crippen LogP contribution in [0.1, 0.15) is 54.1 Å². The van der Waals surface area contributed by atoms with Gasteiger partial charge in [-0.15, -0.1) is 0 Å². The van der Waals surface area contributed by atoms with Crippen LogP contribution in [0.25, 0.3) is 11.3 Å². The highest BCUT2D eigenvalue weighted by atomic mass is 35.5. The normalized spacial score (nSPS) is 19.9. The Morgan fingerprint density at radius 2 is 1.93 bits per heavy atom. The molecule has 10 nitrogen and oxygen atoms in total. The van der Waals surface area contributed by atoms with E-state index >= 15 is 4.39 Å². The summed E-state index contributed by atoms with van der Waals surface area (Å²) in [6.07, 6.45) is 3.64. The molecular formula is C30H30Cl2FN7O3. The first kappa shape index (κ1) is 29.3. The molecule has 1 aromatic heterocycles. The minimum absolute atomic E-state index is 0.166. The van der Waals surface area contributed by atoms with E-state index in [2.05, 4.69) is 32.4 Å². The molecule has 1 unspecified atom stereocenters. The van der Waals surface area contributed by atoms with Crippen molar-refractivity contribution in [2.24, 2.45) is 0 Å². The fourth-order valence-electron chi connectivity index (χ4n) is 5.93. The molecule has 13 heteroatoms. The molecule has 1 atom stereocenters. The number of nitrogens with one attached hydrogen (secondary N) is 2. The van der Waals surface area contributed by atoms with Gasteiger partial charge in [0.15, 0.2) is 5.82 Å². The van der Waals surface area contributed by atoms with E-state index in [-0.39, 0.29) is 48.8 Å².